The SMILES string of the molecule is CCOc1cc(CNCC2CCCN2CC)c(Br)cc1OCc1c(F)cccc1Cl. The number of hydrogen-bond acceptors (Lipinski definition) is 4. The molecule has 2 aromatic carbocycles. The average Bonchev–Trinajstić information content (AvgIpc) is 3.18. The van der Waals surface area contributed by atoms with Gasteiger partial charge in [0.2, 0.25) is 0 Å². The van der Waals surface area contributed by atoms with Gasteiger partial charge in [-0.1, -0.05) is 40.5 Å². The minimum Gasteiger partial charge on any atom is -0.490 e. The van der Waals surface area contributed by atoms with E-state index in [1.54, 1.807) is 12.1 Å². The molecule has 7 heteroatoms. The number of hydrogen-bond donors (Lipinski definition) is 1. The molecule has 0 saturated carbocycles. The maximum Gasteiger partial charge on any atom is 0.162 e. The third kappa shape index (κ3) is 5.88. The van der Waals surface area contributed by atoms with Crippen molar-refractivity contribution in [2.24, 2.45) is 0 Å². The largest absolute Gasteiger partial charge is 0.490 e. The summed E-state index contributed by atoms with van der Waals surface area (Å²) in [7, 11) is 0. The van der Waals surface area contributed by atoms with E-state index >= 15 is 0 Å². The van der Waals surface area contributed by atoms with Crippen molar-refractivity contribution in [1.82, 2.24) is 10.2 Å². The van der Waals surface area contributed by atoms with Crippen molar-refractivity contribution in [3.63, 3.8) is 0 Å². The molecule has 0 aliphatic carbocycles. The highest BCUT2D eigenvalue weighted by molar-refractivity contribution is 9.10. The van der Waals surface area contributed by atoms with E-state index in [2.05, 4.69) is 33.1 Å². The Balaban J connectivity index is 1.67. The van der Waals surface area contributed by atoms with Gasteiger partial charge >= 0.3 is 0 Å². The summed E-state index contributed by atoms with van der Waals surface area (Å²) in [5.41, 5.74) is 1.43. The maximum atomic E-state index is 14.0. The lowest BCUT2D eigenvalue weighted by molar-refractivity contribution is 0.259. The molecule has 0 amide bonds. The third-order valence-electron chi connectivity index (χ3n) is 5.45. The lowest BCUT2D eigenvalue weighted by Gasteiger charge is -2.23. The van der Waals surface area contributed by atoms with Crippen molar-refractivity contribution >= 4 is 27.5 Å². The second kappa shape index (κ2) is 11.3. The Morgan fingerprint density at radius 3 is 2.77 bits per heavy atom. The molecule has 2 aromatic rings. The quantitative estimate of drug-likeness (QED) is 0.448. The summed E-state index contributed by atoms with van der Waals surface area (Å²) in [6.45, 7) is 8.68. The fraction of sp³-hybridized carbons (Fsp3) is 0.478. The van der Waals surface area contributed by atoms with Crippen molar-refractivity contribution < 1.29 is 13.9 Å². The Labute approximate surface area is 191 Å². The maximum absolute atomic E-state index is 14.0. The van der Waals surface area contributed by atoms with Crippen LogP contribution in [0.1, 0.15) is 37.8 Å². The molecule has 1 atom stereocenters. The van der Waals surface area contributed by atoms with Gasteiger partial charge in [-0.25, -0.2) is 4.39 Å². The van der Waals surface area contributed by atoms with Crippen LogP contribution < -0.4 is 14.8 Å². The summed E-state index contributed by atoms with van der Waals surface area (Å²) < 4.78 is 26.6. The van der Waals surface area contributed by atoms with Crippen LogP contribution in [-0.4, -0.2) is 37.2 Å². The number of likely N-dealkylation sites (tertiary alicyclic amines) is 1. The second-order valence-electron chi connectivity index (χ2n) is 7.37. The minimum absolute atomic E-state index is 0.0319. The normalized spacial score (nSPS) is 16.8. The number of likely N-dealkylation sites (N-methyl/N-ethyl adjacent to an activating group) is 1. The molecule has 4 nitrogen and oxygen atoms in total. The summed E-state index contributed by atoms with van der Waals surface area (Å²) >= 11 is 9.75. The summed E-state index contributed by atoms with van der Waals surface area (Å²) in [6.07, 6.45) is 2.52. The van der Waals surface area contributed by atoms with Crippen LogP contribution in [0, 0.1) is 5.82 Å². The number of rotatable bonds is 10. The predicted octanol–water partition coefficient (Wildman–Crippen LogP) is 5.79. The molecule has 30 heavy (non-hydrogen) atoms. The van der Waals surface area contributed by atoms with Gasteiger partial charge in [0.15, 0.2) is 11.5 Å². The monoisotopic (exact) mass is 498 g/mol. The lowest BCUT2D eigenvalue weighted by atomic mass is 10.1. The number of benzene rings is 2. The molecule has 3 rings (SSSR count). The number of nitrogens with one attached hydrogen (secondary N) is 1. The minimum atomic E-state index is -0.381. The highest BCUT2D eigenvalue weighted by Gasteiger charge is 2.22. The summed E-state index contributed by atoms with van der Waals surface area (Å²) in [5.74, 6) is 0.814. The predicted molar refractivity (Wildman–Crippen MR) is 123 cm³/mol. The van der Waals surface area contributed by atoms with E-state index in [1.165, 1.54) is 25.5 Å². The van der Waals surface area contributed by atoms with Gasteiger partial charge in [-0.05, 0) is 62.7 Å². The molecule has 1 aliphatic heterocycles. The van der Waals surface area contributed by atoms with Gasteiger partial charge in [-0.3, -0.25) is 4.90 Å². The Bertz CT molecular complexity index is 832. The molecular weight excluding hydrogens is 471 g/mol. The summed E-state index contributed by atoms with van der Waals surface area (Å²) in [4.78, 5) is 2.53. The Kier molecular flexibility index (Phi) is 8.81. The lowest BCUT2D eigenvalue weighted by Crippen LogP contribution is -2.37. The van der Waals surface area contributed by atoms with E-state index in [9.17, 15) is 4.39 Å². The summed E-state index contributed by atoms with van der Waals surface area (Å²) in [5, 5.41) is 3.92. The van der Waals surface area contributed by atoms with Gasteiger partial charge in [-0.2, -0.15) is 0 Å². The first kappa shape index (κ1) is 23.3. The molecule has 1 unspecified atom stereocenters. The molecule has 0 aromatic heterocycles. The highest BCUT2D eigenvalue weighted by atomic mass is 79.9. The van der Waals surface area contributed by atoms with E-state index < -0.39 is 0 Å². The molecule has 1 N–H and O–H groups in total. The van der Waals surface area contributed by atoms with Crippen LogP contribution in [0.4, 0.5) is 4.39 Å². The zero-order valence-corrected chi connectivity index (χ0v) is 19.9. The van der Waals surface area contributed by atoms with Crippen molar-refractivity contribution in [3.8, 4) is 11.5 Å². The Hall–Kier alpha value is -1.34. The van der Waals surface area contributed by atoms with E-state index in [4.69, 9.17) is 21.1 Å². The van der Waals surface area contributed by atoms with Crippen LogP contribution in [0.25, 0.3) is 0 Å². The van der Waals surface area contributed by atoms with Crippen molar-refractivity contribution in [2.75, 3.05) is 26.2 Å². The van der Waals surface area contributed by atoms with Crippen LogP contribution in [0.3, 0.4) is 0 Å². The Morgan fingerprint density at radius 1 is 1.23 bits per heavy atom. The van der Waals surface area contributed by atoms with Gasteiger partial charge in [0.1, 0.15) is 12.4 Å². The number of nitrogens with zero attached hydrogens (tertiary/aromatic N) is 1. The van der Waals surface area contributed by atoms with Crippen molar-refractivity contribution in [3.05, 3.63) is 56.8 Å². The second-order valence-corrected chi connectivity index (χ2v) is 8.63. The van der Waals surface area contributed by atoms with Crippen LogP contribution in [0.15, 0.2) is 34.8 Å². The standard InChI is InChI=1S/C23H29BrClFN2O2/c1-3-28-10-6-7-17(28)14-27-13-16-11-22(29-4-2)23(12-19(16)24)30-15-18-20(25)8-5-9-21(18)26/h5,8-9,11-12,17,27H,3-4,6-7,10,13-15H2,1-2H3. The molecule has 1 aliphatic rings. The van der Waals surface area contributed by atoms with Crippen LogP contribution in [0.5, 0.6) is 11.5 Å². The highest BCUT2D eigenvalue weighted by Crippen LogP contribution is 2.35. The van der Waals surface area contributed by atoms with E-state index in [0.29, 0.717) is 34.7 Å². The first-order valence-electron chi connectivity index (χ1n) is 10.5. The van der Waals surface area contributed by atoms with Crippen LogP contribution in [0.2, 0.25) is 5.02 Å². The topological polar surface area (TPSA) is 33.7 Å². The Morgan fingerprint density at radius 2 is 2.03 bits per heavy atom. The fourth-order valence-corrected chi connectivity index (χ4v) is 4.51. The van der Waals surface area contributed by atoms with Gasteiger partial charge < -0.3 is 14.8 Å². The van der Waals surface area contributed by atoms with Crippen LogP contribution in [-0.2, 0) is 13.2 Å². The summed E-state index contributed by atoms with van der Waals surface area (Å²) in [6, 6.07) is 9.07. The van der Waals surface area contributed by atoms with E-state index in [-0.39, 0.29) is 12.4 Å². The average molecular weight is 500 g/mol. The molecule has 0 bridgehead atoms. The van der Waals surface area contributed by atoms with Gasteiger partial charge in [-0.15, -0.1) is 0 Å². The van der Waals surface area contributed by atoms with Crippen molar-refractivity contribution in [1.29, 1.82) is 0 Å². The molecule has 0 radical (unpaired) electrons. The first-order valence-corrected chi connectivity index (χ1v) is 11.7. The number of ether oxygens (including phenoxy) is 2. The fourth-order valence-electron chi connectivity index (χ4n) is 3.83. The van der Waals surface area contributed by atoms with Gasteiger partial charge in [0.05, 0.1) is 11.6 Å². The van der Waals surface area contributed by atoms with Gasteiger partial charge in [0, 0.05) is 29.2 Å². The van der Waals surface area contributed by atoms with Crippen molar-refractivity contribution in [2.45, 2.75) is 45.9 Å². The van der Waals surface area contributed by atoms with Crippen LogP contribution >= 0.6 is 27.5 Å². The number of halogens is 3. The van der Waals surface area contributed by atoms with E-state index in [1.807, 2.05) is 19.1 Å². The first-order chi connectivity index (χ1) is 14.5. The zero-order valence-electron chi connectivity index (χ0n) is 17.5. The zero-order chi connectivity index (χ0) is 21.5. The molecular formula is C23H29BrClFN2O2. The smallest absolute Gasteiger partial charge is 0.162 e. The molecule has 1 saturated heterocycles. The van der Waals surface area contributed by atoms with Gasteiger partial charge in [0.25, 0.3) is 0 Å². The third-order valence-corrected chi connectivity index (χ3v) is 6.54. The molecule has 1 fully saturated rings. The molecule has 1 heterocycles. The molecule has 0 spiro atoms. The van der Waals surface area contributed by atoms with E-state index in [0.717, 1.165) is 29.7 Å². The molecule has 164 valence electrons.